The summed E-state index contributed by atoms with van der Waals surface area (Å²) in [5.41, 5.74) is 3.07. The van der Waals surface area contributed by atoms with Crippen LogP contribution in [0.1, 0.15) is 27.3 Å². The summed E-state index contributed by atoms with van der Waals surface area (Å²) in [6.07, 6.45) is 1.45. The van der Waals surface area contributed by atoms with E-state index in [0.717, 1.165) is 22.0 Å². The van der Waals surface area contributed by atoms with Gasteiger partial charge in [0.2, 0.25) is 0 Å². The molecule has 2 aromatic rings. The van der Waals surface area contributed by atoms with Crippen LogP contribution in [0.2, 0.25) is 0 Å². The molecule has 0 saturated carbocycles. The van der Waals surface area contributed by atoms with Crippen LogP contribution in [0, 0.1) is 13.8 Å². The van der Waals surface area contributed by atoms with E-state index in [9.17, 15) is 19.2 Å². The first-order valence-corrected chi connectivity index (χ1v) is 8.08. The summed E-state index contributed by atoms with van der Waals surface area (Å²) in [6.45, 7) is 3.68. The van der Waals surface area contributed by atoms with Crippen LogP contribution in [0.15, 0.2) is 35.9 Å². The maximum atomic E-state index is 12.2. The quantitative estimate of drug-likeness (QED) is 0.636. The highest BCUT2D eigenvalue weighted by Gasteiger charge is 2.33. The summed E-state index contributed by atoms with van der Waals surface area (Å²) in [7, 11) is 1.30. The van der Waals surface area contributed by atoms with Crippen molar-refractivity contribution in [3.05, 3.63) is 58.4 Å². The average molecular weight is 367 g/mol. The second kappa shape index (κ2) is 6.56. The molecule has 2 N–H and O–H groups in total. The van der Waals surface area contributed by atoms with Crippen molar-refractivity contribution in [2.45, 2.75) is 13.8 Å². The Morgan fingerprint density at radius 2 is 1.74 bits per heavy atom. The van der Waals surface area contributed by atoms with Crippen LogP contribution in [0.4, 0.5) is 4.79 Å². The Morgan fingerprint density at radius 1 is 1.11 bits per heavy atom. The van der Waals surface area contributed by atoms with Gasteiger partial charge in [-0.3, -0.25) is 19.8 Å². The molecular formula is C19H17N3O5. The first-order valence-electron chi connectivity index (χ1n) is 8.08. The number of aromatic nitrogens is 1. The number of urea groups is 1. The van der Waals surface area contributed by atoms with Gasteiger partial charge in [-0.25, -0.2) is 9.59 Å². The van der Waals surface area contributed by atoms with Gasteiger partial charge in [-0.1, -0.05) is 0 Å². The van der Waals surface area contributed by atoms with Gasteiger partial charge in [0.25, 0.3) is 11.8 Å². The third kappa shape index (κ3) is 3.12. The van der Waals surface area contributed by atoms with Crippen molar-refractivity contribution in [2.24, 2.45) is 0 Å². The van der Waals surface area contributed by atoms with Gasteiger partial charge >= 0.3 is 12.0 Å². The number of carbonyl (C=O) groups is 4. The van der Waals surface area contributed by atoms with E-state index in [4.69, 9.17) is 5.11 Å². The lowest BCUT2D eigenvalue weighted by Gasteiger charge is -2.22. The number of hydrogen-bond acceptors (Lipinski definition) is 4. The van der Waals surface area contributed by atoms with Crippen LogP contribution < -0.4 is 5.32 Å². The number of aromatic carboxylic acids is 1. The number of imide groups is 2. The summed E-state index contributed by atoms with van der Waals surface area (Å²) < 4.78 is 1.89. The molecule has 8 heteroatoms. The first kappa shape index (κ1) is 18.1. The molecule has 0 unspecified atom stereocenters. The Labute approximate surface area is 154 Å². The number of hydrogen-bond donors (Lipinski definition) is 2. The molecular weight excluding hydrogens is 350 g/mol. The molecule has 2 heterocycles. The van der Waals surface area contributed by atoms with Crippen LogP contribution in [0.5, 0.6) is 0 Å². The van der Waals surface area contributed by atoms with E-state index in [0.29, 0.717) is 5.56 Å². The number of aryl methyl sites for hydroxylation is 1. The topological polar surface area (TPSA) is 109 Å². The second-order valence-electron chi connectivity index (χ2n) is 6.20. The van der Waals surface area contributed by atoms with Gasteiger partial charge in [0.15, 0.2) is 0 Å². The van der Waals surface area contributed by atoms with Gasteiger partial charge in [-0.2, -0.15) is 0 Å². The molecule has 8 nitrogen and oxygen atoms in total. The van der Waals surface area contributed by atoms with E-state index in [1.54, 1.807) is 12.1 Å². The molecule has 0 atom stereocenters. The monoisotopic (exact) mass is 367 g/mol. The van der Waals surface area contributed by atoms with Crippen LogP contribution in [-0.4, -0.2) is 45.4 Å². The van der Waals surface area contributed by atoms with Crippen molar-refractivity contribution >= 4 is 29.9 Å². The lowest BCUT2D eigenvalue weighted by Crippen LogP contribution is -2.52. The maximum Gasteiger partial charge on any atom is 0.335 e. The fourth-order valence-corrected chi connectivity index (χ4v) is 2.99. The third-order valence-corrected chi connectivity index (χ3v) is 4.45. The molecule has 1 aliphatic rings. The number of amides is 4. The molecule has 4 amide bonds. The maximum absolute atomic E-state index is 12.2. The zero-order valence-electron chi connectivity index (χ0n) is 14.9. The number of likely N-dealkylation sites (N-methyl/N-ethyl adjacent to an activating group) is 1. The Kier molecular flexibility index (Phi) is 4.40. The molecule has 1 aliphatic heterocycles. The highest BCUT2D eigenvalue weighted by molar-refractivity contribution is 6.30. The third-order valence-electron chi connectivity index (χ3n) is 4.45. The van der Waals surface area contributed by atoms with E-state index in [1.807, 2.05) is 24.5 Å². The van der Waals surface area contributed by atoms with Crippen molar-refractivity contribution in [2.75, 3.05) is 7.05 Å². The summed E-state index contributed by atoms with van der Waals surface area (Å²) in [5.74, 6) is -2.41. The van der Waals surface area contributed by atoms with Crippen molar-refractivity contribution in [1.29, 1.82) is 0 Å². The molecule has 138 valence electrons. The Bertz CT molecular complexity index is 1010. The van der Waals surface area contributed by atoms with Crippen molar-refractivity contribution in [3.63, 3.8) is 0 Å². The minimum Gasteiger partial charge on any atom is -0.478 e. The number of carboxylic acid groups (broad SMARTS) is 1. The molecule has 3 rings (SSSR count). The zero-order valence-corrected chi connectivity index (χ0v) is 14.9. The summed E-state index contributed by atoms with van der Waals surface area (Å²) in [5, 5.41) is 11.1. The van der Waals surface area contributed by atoms with Gasteiger partial charge in [-0.05, 0) is 55.8 Å². The number of carboxylic acids is 1. The van der Waals surface area contributed by atoms with Crippen LogP contribution in [-0.2, 0) is 9.59 Å². The normalized spacial score (nSPS) is 16.0. The standard InChI is InChI=1S/C19H17N3O5/c1-10-8-13(9-15-16(23)20-19(27)21(3)17(15)24)11(2)22(10)14-6-4-12(5-7-14)18(25)26/h4-9H,1-3H3,(H,25,26)(H,20,23,27)/b15-9-. The summed E-state index contributed by atoms with van der Waals surface area (Å²) in [6, 6.07) is 7.44. The number of nitrogens with zero attached hydrogens (tertiary/aromatic N) is 2. The Balaban J connectivity index is 2.03. The zero-order chi connectivity index (χ0) is 19.9. The fourth-order valence-electron chi connectivity index (χ4n) is 2.99. The molecule has 0 aliphatic carbocycles. The summed E-state index contributed by atoms with van der Waals surface area (Å²) in [4.78, 5) is 47.6. The van der Waals surface area contributed by atoms with Gasteiger partial charge in [0.05, 0.1) is 5.56 Å². The van der Waals surface area contributed by atoms with Gasteiger partial charge in [0.1, 0.15) is 5.57 Å². The predicted molar refractivity (Wildman–Crippen MR) is 96.5 cm³/mol. The molecule has 1 saturated heterocycles. The SMILES string of the molecule is Cc1cc(/C=C2/C(=O)NC(=O)N(C)C2=O)c(C)n1-c1ccc(C(=O)O)cc1. The molecule has 0 radical (unpaired) electrons. The number of nitrogens with one attached hydrogen (secondary N) is 1. The highest BCUT2D eigenvalue weighted by atomic mass is 16.4. The molecule has 27 heavy (non-hydrogen) atoms. The molecule has 1 aromatic heterocycles. The molecule has 0 bridgehead atoms. The van der Waals surface area contributed by atoms with E-state index < -0.39 is 23.8 Å². The number of carbonyl (C=O) groups excluding carboxylic acids is 3. The van der Waals surface area contributed by atoms with E-state index in [1.165, 1.54) is 25.3 Å². The Hall–Kier alpha value is -3.68. The number of rotatable bonds is 3. The van der Waals surface area contributed by atoms with E-state index in [-0.39, 0.29) is 11.1 Å². The minimum atomic E-state index is -1.01. The molecule has 1 aromatic carbocycles. The fraction of sp³-hybridized carbons (Fsp3) is 0.158. The van der Waals surface area contributed by atoms with Gasteiger partial charge in [0, 0.05) is 24.1 Å². The molecule has 1 fully saturated rings. The lowest BCUT2D eigenvalue weighted by molar-refractivity contribution is -0.129. The average Bonchev–Trinajstić information content (AvgIpc) is 2.90. The highest BCUT2D eigenvalue weighted by Crippen LogP contribution is 2.24. The van der Waals surface area contributed by atoms with Crippen molar-refractivity contribution < 1.29 is 24.3 Å². The lowest BCUT2D eigenvalue weighted by atomic mass is 10.1. The first-order chi connectivity index (χ1) is 12.7. The van der Waals surface area contributed by atoms with Gasteiger partial charge in [-0.15, -0.1) is 0 Å². The van der Waals surface area contributed by atoms with Gasteiger partial charge < -0.3 is 9.67 Å². The van der Waals surface area contributed by atoms with Crippen molar-refractivity contribution in [3.8, 4) is 5.69 Å². The largest absolute Gasteiger partial charge is 0.478 e. The van der Waals surface area contributed by atoms with E-state index in [2.05, 4.69) is 5.32 Å². The van der Waals surface area contributed by atoms with Crippen LogP contribution >= 0.6 is 0 Å². The minimum absolute atomic E-state index is 0.126. The van der Waals surface area contributed by atoms with Crippen LogP contribution in [0.3, 0.4) is 0 Å². The predicted octanol–water partition coefficient (Wildman–Crippen LogP) is 1.88. The van der Waals surface area contributed by atoms with Crippen LogP contribution in [0.25, 0.3) is 11.8 Å². The van der Waals surface area contributed by atoms with E-state index >= 15 is 0 Å². The van der Waals surface area contributed by atoms with Crippen molar-refractivity contribution in [1.82, 2.24) is 14.8 Å². The number of barbiturate groups is 1. The summed E-state index contributed by atoms with van der Waals surface area (Å²) >= 11 is 0. The Morgan fingerprint density at radius 3 is 2.33 bits per heavy atom. The second-order valence-corrected chi connectivity index (χ2v) is 6.20. The number of benzene rings is 1. The molecule has 0 spiro atoms. The smallest absolute Gasteiger partial charge is 0.335 e.